The van der Waals surface area contributed by atoms with Gasteiger partial charge in [0.15, 0.2) is 0 Å². The van der Waals surface area contributed by atoms with Crippen molar-refractivity contribution in [2.45, 2.75) is 31.2 Å². The highest BCUT2D eigenvalue weighted by Gasteiger charge is 2.13. The first-order valence-electron chi connectivity index (χ1n) is 7.36. The molecule has 0 bridgehead atoms. The quantitative estimate of drug-likeness (QED) is 0.656. The van der Waals surface area contributed by atoms with Gasteiger partial charge in [0.1, 0.15) is 10.7 Å². The van der Waals surface area contributed by atoms with E-state index in [1.165, 1.54) is 6.07 Å². The van der Waals surface area contributed by atoms with Crippen LogP contribution in [0.1, 0.15) is 18.9 Å². The number of anilines is 3. The van der Waals surface area contributed by atoms with E-state index in [1.54, 1.807) is 12.3 Å². The van der Waals surface area contributed by atoms with Crippen LogP contribution in [-0.4, -0.2) is 36.1 Å². The topological polar surface area (TPSA) is 104 Å². The Morgan fingerprint density at radius 2 is 2.12 bits per heavy atom. The molecule has 1 aromatic heterocycles. The first-order valence-corrected chi connectivity index (χ1v) is 8.74. The molecule has 7 nitrogen and oxygen atoms in total. The molecule has 3 N–H and O–H groups in total. The lowest BCUT2D eigenvalue weighted by Crippen LogP contribution is -2.24. The van der Waals surface area contributed by atoms with Crippen molar-refractivity contribution in [2.75, 3.05) is 17.2 Å². The molecular formula is C15H19FN4O3S. The zero-order valence-electron chi connectivity index (χ0n) is 13.3. The van der Waals surface area contributed by atoms with E-state index < -0.39 is 15.1 Å². The van der Waals surface area contributed by atoms with Crippen LogP contribution in [0.3, 0.4) is 0 Å². The molecule has 0 aliphatic carbocycles. The highest BCUT2D eigenvalue weighted by molar-refractivity contribution is 7.86. The van der Waals surface area contributed by atoms with Gasteiger partial charge in [0.25, 0.3) is 0 Å². The van der Waals surface area contributed by atoms with Crippen LogP contribution in [0.2, 0.25) is 0 Å². The molecule has 24 heavy (non-hydrogen) atoms. The van der Waals surface area contributed by atoms with Crippen LogP contribution in [0.15, 0.2) is 35.4 Å². The number of aliphatic hydroxyl groups excluding tert-OH is 1. The minimum atomic E-state index is -4.78. The Labute approximate surface area is 140 Å². The average molecular weight is 354 g/mol. The molecule has 0 saturated heterocycles. The molecule has 1 aromatic carbocycles. The van der Waals surface area contributed by atoms with E-state index in [-0.39, 0.29) is 18.6 Å². The Morgan fingerprint density at radius 3 is 2.75 bits per heavy atom. The molecular weight excluding hydrogens is 335 g/mol. The van der Waals surface area contributed by atoms with Crippen molar-refractivity contribution in [3.05, 3.63) is 36.0 Å². The maximum atomic E-state index is 13.1. The van der Waals surface area contributed by atoms with E-state index in [4.69, 9.17) is 0 Å². The summed E-state index contributed by atoms with van der Waals surface area (Å²) >= 11 is 0. The summed E-state index contributed by atoms with van der Waals surface area (Å²) in [4.78, 5) is 7.98. The Morgan fingerprint density at radius 1 is 1.38 bits per heavy atom. The summed E-state index contributed by atoms with van der Waals surface area (Å²) in [6.45, 7) is 3.73. The third-order valence-corrected chi connectivity index (χ3v) is 4.21. The van der Waals surface area contributed by atoms with E-state index in [0.29, 0.717) is 11.5 Å². The van der Waals surface area contributed by atoms with Crippen LogP contribution >= 0.6 is 0 Å². The molecule has 0 amide bonds. The van der Waals surface area contributed by atoms with Crippen LogP contribution in [-0.2, 0) is 10.2 Å². The van der Waals surface area contributed by atoms with Crippen LogP contribution < -0.4 is 10.6 Å². The highest BCUT2D eigenvalue weighted by Crippen LogP contribution is 2.21. The van der Waals surface area contributed by atoms with Crippen molar-refractivity contribution in [3.63, 3.8) is 0 Å². The maximum absolute atomic E-state index is 13.1. The number of aliphatic hydroxyl groups is 1. The minimum absolute atomic E-state index is 0.0287. The smallest absolute Gasteiger partial charge is 0.332 e. The summed E-state index contributed by atoms with van der Waals surface area (Å²) in [6.07, 6.45) is 2.32. The van der Waals surface area contributed by atoms with Gasteiger partial charge in [-0.3, -0.25) is 0 Å². The minimum Gasteiger partial charge on any atom is -0.394 e. The molecule has 0 saturated carbocycles. The maximum Gasteiger partial charge on any atom is 0.332 e. The van der Waals surface area contributed by atoms with Gasteiger partial charge in [-0.25, -0.2) is 4.98 Å². The van der Waals surface area contributed by atoms with Crippen molar-refractivity contribution >= 4 is 27.7 Å². The van der Waals surface area contributed by atoms with E-state index >= 15 is 0 Å². The van der Waals surface area contributed by atoms with Gasteiger partial charge < -0.3 is 15.7 Å². The van der Waals surface area contributed by atoms with Gasteiger partial charge in [-0.15, -0.1) is 3.89 Å². The monoisotopic (exact) mass is 354 g/mol. The van der Waals surface area contributed by atoms with Gasteiger partial charge in [-0.1, -0.05) is 13.0 Å². The van der Waals surface area contributed by atoms with Crippen LogP contribution in [0.25, 0.3) is 0 Å². The molecule has 0 spiro atoms. The third kappa shape index (κ3) is 4.62. The molecule has 0 unspecified atom stereocenters. The highest BCUT2D eigenvalue weighted by atomic mass is 32.3. The average Bonchev–Trinajstić information content (AvgIpc) is 2.55. The zero-order chi connectivity index (χ0) is 17.7. The molecule has 2 rings (SSSR count). The van der Waals surface area contributed by atoms with Gasteiger partial charge in [0, 0.05) is 17.4 Å². The first kappa shape index (κ1) is 18.1. The Balaban J connectivity index is 2.25. The molecule has 1 atom stereocenters. The molecule has 0 fully saturated rings. The van der Waals surface area contributed by atoms with Gasteiger partial charge in [-0.2, -0.15) is 13.4 Å². The summed E-state index contributed by atoms with van der Waals surface area (Å²) in [5.41, 5.74) is 1.14. The van der Waals surface area contributed by atoms with E-state index in [1.807, 2.05) is 13.8 Å². The largest absolute Gasteiger partial charge is 0.394 e. The number of halogens is 1. The van der Waals surface area contributed by atoms with Crippen molar-refractivity contribution in [2.24, 2.45) is 0 Å². The third-order valence-electron chi connectivity index (χ3n) is 3.40. The number of hydrogen-bond donors (Lipinski definition) is 3. The second-order valence-corrected chi connectivity index (χ2v) is 6.60. The normalized spacial score (nSPS) is 12.7. The first-order chi connectivity index (χ1) is 11.3. The summed E-state index contributed by atoms with van der Waals surface area (Å²) in [5.74, 6) is 0.784. The van der Waals surface area contributed by atoms with Crippen LogP contribution in [0.4, 0.5) is 21.3 Å². The molecule has 1 heterocycles. The van der Waals surface area contributed by atoms with Gasteiger partial charge >= 0.3 is 10.2 Å². The second-order valence-electron chi connectivity index (χ2n) is 5.25. The molecule has 130 valence electrons. The lowest BCUT2D eigenvalue weighted by molar-refractivity contribution is 0.271. The second kappa shape index (κ2) is 7.54. The predicted molar refractivity (Wildman–Crippen MR) is 89.6 cm³/mol. The summed E-state index contributed by atoms with van der Waals surface area (Å²) < 4.78 is 35.0. The number of nitrogens with one attached hydrogen (secondary N) is 2. The van der Waals surface area contributed by atoms with Crippen molar-refractivity contribution in [1.29, 1.82) is 0 Å². The van der Waals surface area contributed by atoms with Crippen LogP contribution in [0, 0.1) is 6.92 Å². The number of rotatable bonds is 7. The fourth-order valence-corrected chi connectivity index (χ4v) is 2.48. The zero-order valence-corrected chi connectivity index (χ0v) is 14.1. The van der Waals surface area contributed by atoms with Gasteiger partial charge in [-0.05, 0) is 31.5 Å². The fourth-order valence-electron chi connectivity index (χ4n) is 1.97. The number of hydrogen-bond acceptors (Lipinski definition) is 7. The molecule has 0 aliphatic heterocycles. The molecule has 0 aliphatic rings. The Hall–Kier alpha value is -2.26. The fraction of sp³-hybridized carbons (Fsp3) is 0.333. The Bertz CT molecular complexity index is 810. The van der Waals surface area contributed by atoms with Gasteiger partial charge in [0.05, 0.1) is 12.6 Å². The molecule has 0 radical (unpaired) electrons. The van der Waals surface area contributed by atoms with E-state index in [0.717, 1.165) is 24.1 Å². The lowest BCUT2D eigenvalue weighted by Gasteiger charge is -2.17. The number of aromatic nitrogens is 2. The number of nitrogens with zero attached hydrogens (tertiary/aromatic N) is 2. The number of aryl methyl sites for hydroxylation is 1. The van der Waals surface area contributed by atoms with E-state index in [2.05, 4.69) is 20.6 Å². The summed E-state index contributed by atoms with van der Waals surface area (Å²) in [7, 11) is -4.78. The molecule has 2 aromatic rings. The van der Waals surface area contributed by atoms with Crippen LogP contribution in [0.5, 0.6) is 0 Å². The van der Waals surface area contributed by atoms with Gasteiger partial charge in [0.2, 0.25) is 5.95 Å². The summed E-state index contributed by atoms with van der Waals surface area (Å²) in [6, 6.07) is 5.19. The standard InChI is InChI=1S/C15H19FN4O3S/c1-3-11(9-21)18-14-10(2)8-17-15(20-14)19-12-5-4-6-13(7-12)24(16,22)23/h4-8,11,21H,3,9H2,1-2H3,(H2,17,18,19,20)/t11-/m1/s1. The Kier molecular flexibility index (Phi) is 5.68. The van der Waals surface area contributed by atoms with Crippen molar-refractivity contribution in [1.82, 2.24) is 9.97 Å². The predicted octanol–water partition coefficient (Wildman–Crippen LogP) is 2.37. The van der Waals surface area contributed by atoms with Crippen molar-refractivity contribution in [3.8, 4) is 0 Å². The lowest BCUT2D eigenvalue weighted by atomic mass is 10.2. The number of benzene rings is 1. The molecule has 9 heteroatoms. The van der Waals surface area contributed by atoms with E-state index in [9.17, 15) is 17.4 Å². The SMILES string of the molecule is CC[C@H](CO)Nc1nc(Nc2cccc(S(=O)(=O)F)c2)ncc1C. The summed E-state index contributed by atoms with van der Waals surface area (Å²) in [5, 5.41) is 15.2. The van der Waals surface area contributed by atoms with Crippen molar-refractivity contribution < 1.29 is 17.4 Å².